The third-order valence-corrected chi connectivity index (χ3v) is 5.37. The molecule has 2 heterocycles. The summed E-state index contributed by atoms with van der Waals surface area (Å²) in [4.78, 5) is 13.1. The average Bonchev–Trinajstić information content (AvgIpc) is 3.13. The molecule has 0 bridgehead atoms. The lowest BCUT2D eigenvalue weighted by molar-refractivity contribution is 0.102. The zero-order valence-electron chi connectivity index (χ0n) is 16.1. The van der Waals surface area contributed by atoms with Gasteiger partial charge in [-0.3, -0.25) is 4.79 Å². The first kappa shape index (κ1) is 19.6. The van der Waals surface area contributed by atoms with Gasteiger partial charge in [0.15, 0.2) is 0 Å². The second-order valence-electron chi connectivity index (χ2n) is 7.33. The summed E-state index contributed by atoms with van der Waals surface area (Å²) < 4.78 is 15.1. The van der Waals surface area contributed by atoms with E-state index in [2.05, 4.69) is 15.7 Å². The number of amides is 1. The summed E-state index contributed by atoms with van der Waals surface area (Å²) in [5.41, 5.74) is 3.73. The fourth-order valence-corrected chi connectivity index (χ4v) is 4.11. The number of carbonyl (C=O) groups is 1. The van der Waals surface area contributed by atoms with E-state index in [1.54, 1.807) is 29.1 Å². The van der Waals surface area contributed by atoms with Crippen LogP contribution in [-0.2, 0) is 0 Å². The maximum Gasteiger partial charge on any atom is 0.259 e. The molecule has 0 spiro atoms. The molecule has 7 heteroatoms. The SMILES string of the molecule is Cc1cc(Cl)cc(NC(=O)c2cnn(-c3ccc(F)cc3)c2C2CCNCC2)c1. The van der Waals surface area contributed by atoms with Crippen molar-refractivity contribution in [3.8, 4) is 5.69 Å². The number of anilines is 1. The van der Waals surface area contributed by atoms with E-state index >= 15 is 0 Å². The molecule has 2 N–H and O–H groups in total. The quantitative estimate of drug-likeness (QED) is 0.653. The summed E-state index contributed by atoms with van der Waals surface area (Å²) >= 11 is 6.12. The van der Waals surface area contributed by atoms with E-state index in [0.717, 1.165) is 42.9 Å². The van der Waals surface area contributed by atoms with Gasteiger partial charge in [0, 0.05) is 16.6 Å². The van der Waals surface area contributed by atoms with Crippen LogP contribution in [0.15, 0.2) is 48.7 Å². The summed E-state index contributed by atoms with van der Waals surface area (Å²) in [5.74, 6) is -0.349. The first-order valence-corrected chi connectivity index (χ1v) is 10.0. The van der Waals surface area contributed by atoms with E-state index in [0.29, 0.717) is 16.3 Å². The van der Waals surface area contributed by atoms with Crippen molar-refractivity contribution in [3.63, 3.8) is 0 Å². The van der Waals surface area contributed by atoms with Crippen LogP contribution in [0.5, 0.6) is 0 Å². The number of halogens is 2. The van der Waals surface area contributed by atoms with Crippen LogP contribution < -0.4 is 10.6 Å². The Morgan fingerprint density at radius 1 is 1.21 bits per heavy atom. The van der Waals surface area contributed by atoms with Crippen LogP contribution in [0.1, 0.15) is 40.4 Å². The highest BCUT2D eigenvalue weighted by Crippen LogP contribution is 2.31. The molecule has 4 rings (SSSR count). The summed E-state index contributed by atoms with van der Waals surface area (Å²) in [6, 6.07) is 11.6. The Bertz CT molecular complexity index is 1010. The number of aryl methyl sites for hydroxylation is 1. The number of rotatable bonds is 4. The standard InChI is InChI=1S/C22H22ClFN4O/c1-14-10-16(23)12-18(11-14)27-22(29)20-13-26-28(19-4-2-17(24)3-5-19)21(20)15-6-8-25-9-7-15/h2-5,10-13,15,25H,6-9H2,1H3,(H,27,29). The van der Waals surface area contributed by atoms with Gasteiger partial charge in [0.25, 0.3) is 5.91 Å². The second kappa shape index (κ2) is 8.35. The predicted molar refractivity (Wildman–Crippen MR) is 113 cm³/mol. The van der Waals surface area contributed by atoms with Crippen LogP contribution in [0.2, 0.25) is 5.02 Å². The van der Waals surface area contributed by atoms with Gasteiger partial charge in [-0.05, 0) is 80.9 Å². The minimum atomic E-state index is -0.307. The van der Waals surface area contributed by atoms with E-state index in [1.807, 2.05) is 19.1 Å². The minimum Gasteiger partial charge on any atom is -0.322 e. The molecule has 1 fully saturated rings. The van der Waals surface area contributed by atoms with Crippen molar-refractivity contribution in [2.24, 2.45) is 0 Å². The lowest BCUT2D eigenvalue weighted by Crippen LogP contribution is -2.29. The Balaban J connectivity index is 1.72. The van der Waals surface area contributed by atoms with Gasteiger partial charge in [0.2, 0.25) is 0 Å². The molecule has 1 amide bonds. The Morgan fingerprint density at radius 2 is 1.93 bits per heavy atom. The fourth-order valence-electron chi connectivity index (χ4n) is 3.82. The minimum absolute atomic E-state index is 0.186. The number of carbonyl (C=O) groups excluding carboxylic acids is 1. The lowest BCUT2D eigenvalue weighted by Gasteiger charge is -2.24. The number of aromatic nitrogens is 2. The van der Waals surface area contributed by atoms with Crippen molar-refractivity contribution in [2.75, 3.05) is 18.4 Å². The Labute approximate surface area is 173 Å². The van der Waals surface area contributed by atoms with E-state index in [-0.39, 0.29) is 17.6 Å². The van der Waals surface area contributed by atoms with Gasteiger partial charge in [-0.15, -0.1) is 0 Å². The number of piperidine rings is 1. The van der Waals surface area contributed by atoms with E-state index in [4.69, 9.17) is 11.6 Å². The monoisotopic (exact) mass is 412 g/mol. The Morgan fingerprint density at radius 3 is 2.62 bits per heavy atom. The molecule has 0 unspecified atom stereocenters. The van der Waals surface area contributed by atoms with Gasteiger partial charge in [0.1, 0.15) is 5.82 Å². The van der Waals surface area contributed by atoms with Crippen LogP contribution >= 0.6 is 11.6 Å². The Kier molecular flexibility index (Phi) is 5.65. The van der Waals surface area contributed by atoms with Crippen LogP contribution in [0.3, 0.4) is 0 Å². The molecule has 150 valence electrons. The third-order valence-electron chi connectivity index (χ3n) is 5.15. The number of nitrogens with one attached hydrogen (secondary N) is 2. The molecule has 1 aliphatic rings. The number of hydrogen-bond donors (Lipinski definition) is 2. The van der Waals surface area contributed by atoms with Crippen molar-refractivity contribution in [3.05, 3.63) is 76.3 Å². The molecule has 1 aromatic heterocycles. The molecule has 2 aromatic carbocycles. The first-order chi connectivity index (χ1) is 14.0. The molecule has 3 aromatic rings. The summed E-state index contributed by atoms with van der Waals surface area (Å²) in [7, 11) is 0. The van der Waals surface area contributed by atoms with E-state index < -0.39 is 0 Å². The first-order valence-electron chi connectivity index (χ1n) is 9.64. The predicted octanol–water partition coefficient (Wildman–Crippen LogP) is 4.69. The van der Waals surface area contributed by atoms with Crippen molar-refractivity contribution in [1.29, 1.82) is 0 Å². The van der Waals surface area contributed by atoms with Gasteiger partial charge in [0.05, 0.1) is 23.1 Å². The third kappa shape index (κ3) is 4.33. The molecule has 0 saturated carbocycles. The van der Waals surface area contributed by atoms with Gasteiger partial charge in [-0.1, -0.05) is 11.6 Å². The number of hydrogen-bond acceptors (Lipinski definition) is 3. The topological polar surface area (TPSA) is 59.0 Å². The smallest absolute Gasteiger partial charge is 0.259 e. The normalized spacial score (nSPS) is 14.7. The van der Waals surface area contributed by atoms with Gasteiger partial charge in [-0.2, -0.15) is 5.10 Å². The summed E-state index contributed by atoms with van der Waals surface area (Å²) in [5, 5.41) is 11.3. The molecule has 1 saturated heterocycles. The molecule has 5 nitrogen and oxygen atoms in total. The van der Waals surface area contributed by atoms with Crippen LogP contribution in [0, 0.1) is 12.7 Å². The van der Waals surface area contributed by atoms with Gasteiger partial charge >= 0.3 is 0 Å². The van der Waals surface area contributed by atoms with Crippen molar-refractivity contribution in [1.82, 2.24) is 15.1 Å². The van der Waals surface area contributed by atoms with Crippen molar-refractivity contribution < 1.29 is 9.18 Å². The molecule has 0 aliphatic carbocycles. The van der Waals surface area contributed by atoms with Crippen molar-refractivity contribution in [2.45, 2.75) is 25.7 Å². The average molecular weight is 413 g/mol. The van der Waals surface area contributed by atoms with Gasteiger partial charge < -0.3 is 10.6 Å². The van der Waals surface area contributed by atoms with Crippen molar-refractivity contribution >= 4 is 23.2 Å². The molecular weight excluding hydrogens is 391 g/mol. The van der Waals surface area contributed by atoms with Crippen LogP contribution in [0.4, 0.5) is 10.1 Å². The maximum atomic E-state index is 13.4. The van der Waals surface area contributed by atoms with Crippen LogP contribution in [-0.4, -0.2) is 28.8 Å². The molecule has 0 radical (unpaired) electrons. The molecule has 1 aliphatic heterocycles. The number of benzene rings is 2. The highest BCUT2D eigenvalue weighted by Gasteiger charge is 2.27. The highest BCUT2D eigenvalue weighted by atomic mass is 35.5. The molecule has 29 heavy (non-hydrogen) atoms. The second-order valence-corrected chi connectivity index (χ2v) is 7.76. The molecular formula is C22H22ClFN4O. The zero-order valence-corrected chi connectivity index (χ0v) is 16.8. The molecule has 0 atom stereocenters. The summed E-state index contributed by atoms with van der Waals surface area (Å²) in [6.07, 6.45) is 3.40. The highest BCUT2D eigenvalue weighted by molar-refractivity contribution is 6.31. The van der Waals surface area contributed by atoms with Crippen LogP contribution in [0.25, 0.3) is 5.69 Å². The largest absolute Gasteiger partial charge is 0.322 e. The van der Waals surface area contributed by atoms with Gasteiger partial charge in [-0.25, -0.2) is 9.07 Å². The Hall–Kier alpha value is -2.70. The number of nitrogens with zero attached hydrogens (tertiary/aromatic N) is 2. The lowest BCUT2D eigenvalue weighted by atomic mass is 9.91. The van der Waals surface area contributed by atoms with E-state index in [1.165, 1.54) is 12.1 Å². The summed E-state index contributed by atoms with van der Waals surface area (Å²) in [6.45, 7) is 3.69. The fraction of sp³-hybridized carbons (Fsp3) is 0.273. The zero-order chi connectivity index (χ0) is 20.4. The van der Waals surface area contributed by atoms with E-state index in [9.17, 15) is 9.18 Å². The maximum absolute atomic E-state index is 13.4.